The molecule has 3 heteroatoms. The molecule has 3 aromatic rings. The molecule has 27 heavy (non-hydrogen) atoms. The van der Waals surface area contributed by atoms with Gasteiger partial charge in [-0.2, -0.15) is 0 Å². The van der Waals surface area contributed by atoms with Crippen molar-refractivity contribution in [3.8, 4) is 0 Å². The molecule has 1 fully saturated rings. The molecule has 1 heterocycles. The Morgan fingerprint density at radius 3 is 1.93 bits per heavy atom. The number of anilines is 1. The van der Waals surface area contributed by atoms with E-state index in [0.717, 1.165) is 40.9 Å². The molecule has 1 aliphatic carbocycles. The highest BCUT2D eigenvalue weighted by Gasteiger charge is 2.44. The van der Waals surface area contributed by atoms with Crippen LogP contribution < -0.4 is 4.90 Å². The quantitative estimate of drug-likeness (QED) is 0.622. The predicted molar refractivity (Wildman–Crippen MR) is 108 cm³/mol. The van der Waals surface area contributed by atoms with E-state index in [1.807, 2.05) is 65.6 Å². The number of rotatable bonds is 4. The van der Waals surface area contributed by atoms with Crippen LogP contribution in [0.25, 0.3) is 0 Å². The summed E-state index contributed by atoms with van der Waals surface area (Å²) in [6.07, 6.45) is 2.17. The van der Waals surface area contributed by atoms with Crippen LogP contribution in [0.5, 0.6) is 0 Å². The zero-order chi connectivity index (χ0) is 18.2. The molecule has 3 nitrogen and oxygen atoms in total. The van der Waals surface area contributed by atoms with Crippen molar-refractivity contribution in [2.75, 3.05) is 4.90 Å². The molecule has 1 unspecified atom stereocenters. The lowest BCUT2D eigenvalue weighted by Crippen LogP contribution is -2.30. The molecule has 1 amide bonds. The molecule has 1 aliphatic heterocycles. The van der Waals surface area contributed by atoms with Crippen molar-refractivity contribution in [3.05, 3.63) is 102 Å². The number of para-hydroxylation sites is 1. The third-order valence-electron chi connectivity index (χ3n) is 5.23. The van der Waals surface area contributed by atoms with Crippen LogP contribution in [0.15, 0.2) is 89.9 Å². The molecule has 5 rings (SSSR count). The molecular weight excluding hydrogens is 332 g/mol. The van der Waals surface area contributed by atoms with Gasteiger partial charge in [0.05, 0.1) is 5.71 Å². The van der Waals surface area contributed by atoms with Crippen LogP contribution in [0.4, 0.5) is 5.69 Å². The van der Waals surface area contributed by atoms with Crippen molar-refractivity contribution in [1.82, 2.24) is 0 Å². The van der Waals surface area contributed by atoms with Crippen molar-refractivity contribution in [2.24, 2.45) is 4.99 Å². The van der Waals surface area contributed by atoms with E-state index in [2.05, 4.69) is 24.3 Å². The van der Waals surface area contributed by atoms with Gasteiger partial charge in [-0.1, -0.05) is 78.9 Å². The summed E-state index contributed by atoms with van der Waals surface area (Å²) < 4.78 is 0. The molecule has 0 radical (unpaired) electrons. The average Bonchev–Trinajstić information content (AvgIpc) is 3.52. The Balaban J connectivity index is 1.65. The summed E-state index contributed by atoms with van der Waals surface area (Å²) in [6, 6.07) is 28.2. The van der Waals surface area contributed by atoms with Gasteiger partial charge in [-0.05, 0) is 18.9 Å². The molecule has 0 aromatic heterocycles. The Kier molecular flexibility index (Phi) is 3.86. The van der Waals surface area contributed by atoms with Gasteiger partial charge in [0.25, 0.3) is 5.91 Å². The monoisotopic (exact) mass is 352 g/mol. The second-order valence-electron chi connectivity index (χ2n) is 7.11. The smallest absolute Gasteiger partial charge is 0.256 e. The van der Waals surface area contributed by atoms with E-state index in [1.165, 1.54) is 0 Å². The molecule has 0 spiro atoms. The van der Waals surface area contributed by atoms with Crippen LogP contribution in [0.2, 0.25) is 0 Å². The van der Waals surface area contributed by atoms with E-state index in [9.17, 15) is 4.79 Å². The second kappa shape index (κ2) is 6.51. The van der Waals surface area contributed by atoms with Gasteiger partial charge >= 0.3 is 0 Å². The van der Waals surface area contributed by atoms with E-state index in [-0.39, 0.29) is 5.91 Å². The van der Waals surface area contributed by atoms with Gasteiger partial charge in [0, 0.05) is 28.4 Å². The van der Waals surface area contributed by atoms with Crippen molar-refractivity contribution in [1.29, 1.82) is 0 Å². The third kappa shape index (κ3) is 2.85. The lowest BCUT2D eigenvalue weighted by Gasteiger charge is -2.16. The van der Waals surface area contributed by atoms with Gasteiger partial charge in [-0.15, -0.1) is 0 Å². The molecule has 1 atom stereocenters. The number of hydrogen-bond donors (Lipinski definition) is 0. The summed E-state index contributed by atoms with van der Waals surface area (Å²) in [5.41, 5.74) is 4.96. The molecule has 2 aliphatic rings. The van der Waals surface area contributed by atoms with Crippen LogP contribution in [0.1, 0.15) is 35.6 Å². The van der Waals surface area contributed by atoms with Crippen LogP contribution >= 0.6 is 0 Å². The minimum Gasteiger partial charge on any atom is -0.307 e. The molecule has 1 saturated carbocycles. The summed E-state index contributed by atoms with van der Waals surface area (Å²) >= 11 is 0. The van der Waals surface area contributed by atoms with Crippen molar-refractivity contribution in [2.45, 2.75) is 24.9 Å². The normalized spacial score (nSPS) is 18.3. The predicted octanol–water partition coefficient (Wildman–Crippen LogP) is 4.77. The Morgan fingerprint density at radius 2 is 1.33 bits per heavy atom. The molecule has 132 valence electrons. The molecule has 0 N–H and O–H groups in total. The number of carbonyl (C=O) groups excluding carboxylic acids is 1. The highest BCUT2D eigenvalue weighted by molar-refractivity contribution is 6.15. The summed E-state index contributed by atoms with van der Waals surface area (Å²) in [5.74, 6) is 0.100. The second-order valence-corrected chi connectivity index (χ2v) is 7.11. The first-order valence-electron chi connectivity index (χ1n) is 9.43. The van der Waals surface area contributed by atoms with Crippen LogP contribution in [-0.2, 0) is 4.79 Å². The van der Waals surface area contributed by atoms with E-state index in [1.54, 1.807) is 0 Å². The van der Waals surface area contributed by atoms with Gasteiger partial charge in [0.1, 0.15) is 0 Å². The topological polar surface area (TPSA) is 32.7 Å². The van der Waals surface area contributed by atoms with Gasteiger partial charge < -0.3 is 4.90 Å². The first kappa shape index (κ1) is 16.0. The van der Waals surface area contributed by atoms with Crippen molar-refractivity contribution >= 4 is 17.3 Å². The highest BCUT2D eigenvalue weighted by Crippen LogP contribution is 2.44. The summed E-state index contributed by atoms with van der Waals surface area (Å²) in [6.45, 7) is 0. The standard InChI is InChI=1S/C24H20N2O/c27-24-23(20-13-7-8-14-21(20)26(24)19-15-16-19)25-22(17-9-3-1-4-10-17)18-11-5-2-6-12-18/h1-14,19,23H,15-16H2. The fourth-order valence-electron chi connectivity index (χ4n) is 3.79. The number of carbonyl (C=O) groups is 1. The summed E-state index contributed by atoms with van der Waals surface area (Å²) in [7, 11) is 0. The lowest BCUT2D eigenvalue weighted by molar-refractivity contribution is -0.119. The number of aliphatic imine (C=N–C) groups is 1. The minimum absolute atomic E-state index is 0.100. The summed E-state index contributed by atoms with van der Waals surface area (Å²) in [5, 5.41) is 0. The molecular formula is C24H20N2O. The van der Waals surface area contributed by atoms with Crippen LogP contribution in [-0.4, -0.2) is 17.7 Å². The van der Waals surface area contributed by atoms with Gasteiger partial charge in [0.2, 0.25) is 0 Å². The first-order chi connectivity index (χ1) is 13.3. The van der Waals surface area contributed by atoms with Gasteiger partial charge in [0.15, 0.2) is 6.04 Å². The van der Waals surface area contributed by atoms with Gasteiger partial charge in [-0.25, -0.2) is 0 Å². The zero-order valence-electron chi connectivity index (χ0n) is 15.0. The lowest BCUT2D eigenvalue weighted by atomic mass is 10.0. The number of hydrogen-bond acceptors (Lipinski definition) is 2. The maximum atomic E-state index is 13.3. The Bertz CT molecular complexity index is 965. The zero-order valence-corrected chi connectivity index (χ0v) is 15.0. The molecule has 0 bridgehead atoms. The van der Waals surface area contributed by atoms with Crippen LogP contribution in [0.3, 0.4) is 0 Å². The highest BCUT2D eigenvalue weighted by atomic mass is 16.2. The van der Waals surface area contributed by atoms with Crippen molar-refractivity contribution < 1.29 is 4.79 Å². The molecule has 0 saturated heterocycles. The SMILES string of the molecule is O=C1C(N=C(c2ccccc2)c2ccccc2)c2ccccc2N1C1CC1. The average molecular weight is 352 g/mol. The number of fused-ring (bicyclic) bond motifs is 1. The molecule has 3 aromatic carbocycles. The number of amides is 1. The van der Waals surface area contributed by atoms with Crippen LogP contribution in [0, 0.1) is 0 Å². The fourth-order valence-corrected chi connectivity index (χ4v) is 3.79. The van der Waals surface area contributed by atoms with E-state index in [0.29, 0.717) is 6.04 Å². The van der Waals surface area contributed by atoms with Crippen molar-refractivity contribution in [3.63, 3.8) is 0 Å². The Morgan fingerprint density at radius 1 is 0.778 bits per heavy atom. The maximum Gasteiger partial charge on any atom is 0.256 e. The minimum atomic E-state index is -0.475. The first-order valence-corrected chi connectivity index (χ1v) is 9.43. The Labute approximate surface area is 159 Å². The maximum absolute atomic E-state index is 13.3. The van der Waals surface area contributed by atoms with E-state index in [4.69, 9.17) is 4.99 Å². The largest absolute Gasteiger partial charge is 0.307 e. The summed E-state index contributed by atoms with van der Waals surface area (Å²) in [4.78, 5) is 20.3. The Hall–Kier alpha value is -3.20. The van der Waals surface area contributed by atoms with E-state index < -0.39 is 6.04 Å². The van der Waals surface area contributed by atoms with E-state index >= 15 is 0 Å². The fraction of sp³-hybridized carbons (Fsp3) is 0.167. The van der Waals surface area contributed by atoms with Gasteiger partial charge in [-0.3, -0.25) is 9.79 Å². The third-order valence-corrected chi connectivity index (χ3v) is 5.23. The number of nitrogens with zero attached hydrogens (tertiary/aromatic N) is 2. The number of benzene rings is 3.